The number of aromatic nitrogens is 6. The topological polar surface area (TPSA) is 157 Å². The number of benzene rings is 2. The molecule has 3 heterocycles. The highest BCUT2D eigenvalue weighted by Gasteiger charge is 2.42. The zero-order valence-corrected chi connectivity index (χ0v) is 22.9. The zero-order chi connectivity index (χ0) is 28.9. The van der Waals surface area contributed by atoms with Crippen LogP contribution in [0, 0.1) is 11.3 Å². The highest BCUT2D eigenvalue weighted by atomic mass is 35.5. The van der Waals surface area contributed by atoms with Crippen LogP contribution in [0.15, 0.2) is 61.1 Å². The lowest BCUT2D eigenvalue weighted by Gasteiger charge is -2.20. The smallest absolute Gasteiger partial charge is 0.411 e. The molecule has 11 nitrogen and oxygen atoms in total. The van der Waals surface area contributed by atoms with Crippen LogP contribution in [0.3, 0.4) is 0 Å². The molecule has 0 spiro atoms. The number of aliphatic hydroxyl groups is 1. The summed E-state index contributed by atoms with van der Waals surface area (Å²) >= 11 is 12.8. The van der Waals surface area contributed by atoms with Crippen molar-refractivity contribution in [2.24, 2.45) is 0 Å². The van der Waals surface area contributed by atoms with Gasteiger partial charge in [-0.2, -0.15) is 5.26 Å². The molecule has 0 saturated carbocycles. The van der Waals surface area contributed by atoms with Gasteiger partial charge in [-0.3, -0.25) is 9.88 Å². The second-order valence-corrected chi connectivity index (χ2v) is 10.4. The van der Waals surface area contributed by atoms with E-state index in [9.17, 15) is 15.0 Å². The van der Waals surface area contributed by atoms with E-state index in [1.54, 1.807) is 48.8 Å². The van der Waals surface area contributed by atoms with Gasteiger partial charge in [-0.05, 0) is 60.9 Å². The number of anilines is 1. The molecular weight excluding hydrogens is 567 g/mol. The first-order valence-corrected chi connectivity index (χ1v) is 13.1. The van der Waals surface area contributed by atoms with Crippen LogP contribution >= 0.6 is 23.2 Å². The molecule has 0 radical (unpaired) electrons. The number of nitrogens with zero attached hydrogens (tertiary/aromatic N) is 7. The first-order valence-electron chi connectivity index (χ1n) is 12.3. The Balaban J connectivity index is 1.33. The molecule has 1 amide bonds. The molecule has 1 atom stereocenters. The number of imidazole rings is 1. The number of aryl methyl sites for hydroxylation is 1. The van der Waals surface area contributed by atoms with Crippen LogP contribution in [-0.2, 0) is 12.0 Å². The van der Waals surface area contributed by atoms with E-state index in [1.807, 2.05) is 12.1 Å². The summed E-state index contributed by atoms with van der Waals surface area (Å²) in [7, 11) is 1.43. The Bertz CT molecular complexity index is 1880. The molecule has 5 aromatic rings. The molecule has 0 bridgehead atoms. The molecule has 3 aromatic heterocycles. The number of halogens is 2. The summed E-state index contributed by atoms with van der Waals surface area (Å²) in [5.41, 5.74) is 3.76. The molecule has 13 heteroatoms. The third kappa shape index (κ3) is 4.58. The Morgan fingerprint density at radius 3 is 2.76 bits per heavy atom. The lowest BCUT2D eigenvalue weighted by atomic mass is 9.98. The number of nitrogens with one attached hydrogen (secondary N) is 1. The molecule has 204 valence electrons. The van der Waals surface area contributed by atoms with Gasteiger partial charge < -0.3 is 15.2 Å². The predicted molar refractivity (Wildman–Crippen MR) is 151 cm³/mol. The van der Waals surface area contributed by atoms with Crippen LogP contribution in [0.2, 0.25) is 10.0 Å². The van der Waals surface area contributed by atoms with E-state index in [1.165, 1.54) is 17.9 Å². The molecule has 1 aliphatic rings. The van der Waals surface area contributed by atoms with Crippen LogP contribution in [-0.4, -0.2) is 53.3 Å². The Morgan fingerprint density at radius 2 is 2.02 bits per heavy atom. The second-order valence-electron chi connectivity index (χ2n) is 9.55. The number of aromatic amines is 1. The lowest BCUT2D eigenvalue weighted by molar-refractivity contribution is 0.0701. The quantitative estimate of drug-likeness (QED) is 0.254. The van der Waals surface area contributed by atoms with Crippen LogP contribution in [0.5, 0.6) is 0 Å². The van der Waals surface area contributed by atoms with E-state index < -0.39 is 11.7 Å². The summed E-state index contributed by atoms with van der Waals surface area (Å²) in [5.74, 6) is 0.324. The Morgan fingerprint density at radius 1 is 1.20 bits per heavy atom. The van der Waals surface area contributed by atoms with Crippen LogP contribution in [0.1, 0.15) is 29.2 Å². The zero-order valence-electron chi connectivity index (χ0n) is 21.4. The fourth-order valence-corrected chi connectivity index (χ4v) is 5.40. The Hall–Kier alpha value is -4.76. The van der Waals surface area contributed by atoms with E-state index in [4.69, 9.17) is 28.5 Å². The van der Waals surface area contributed by atoms with Crippen molar-refractivity contribution in [1.29, 1.82) is 5.26 Å². The van der Waals surface area contributed by atoms with Gasteiger partial charge in [-0.15, -0.1) is 5.10 Å². The van der Waals surface area contributed by atoms with Crippen molar-refractivity contribution in [3.8, 4) is 34.1 Å². The highest BCUT2D eigenvalue weighted by molar-refractivity contribution is 6.33. The molecule has 3 N–H and O–H groups in total. The number of amides is 1. The minimum absolute atomic E-state index is 0.186. The van der Waals surface area contributed by atoms with Crippen molar-refractivity contribution >= 4 is 35.0 Å². The van der Waals surface area contributed by atoms with Gasteiger partial charge in [-0.1, -0.05) is 28.4 Å². The van der Waals surface area contributed by atoms with Crippen molar-refractivity contribution in [1.82, 2.24) is 29.9 Å². The first-order chi connectivity index (χ1) is 19.7. The normalized spacial score (nSPS) is 15.9. The SMILES string of the molecule is CN(C(=O)O)c1ccc(-c2c[nH]c(C3(O)CCc4cc(-c5cc(Cl)ccc5-n5cc(C#N)nn5)cnc43)n2)c(Cl)c1. The Kier molecular flexibility index (Phi) is 6.46. The van der Waals surface area contributed by atoms with Gasteiger partial charge in [0, 0.05) is 46.8 Å². The average Bonchev–Trinajstić information content (AvgIpc) is 3.72. The molecular formula is C28H20Cl2N8O3. The molecule has 0 fully saturated rings. The first kappa shape index (κ1) is 26.5. The van der Waals surface area contributed by atoms with Gasteiger partial charge in [0.1, 0.15) is 11.9 Å². The number of carboxylic acid groups (broad SMARTS) is 1. The van der Waals surface area contributed by atoms with Gasteiger partial charge >= 0.3 is 6.09 Å². The number of carbonyl (C=O) groups is 1. The van der Waals surface area contributed by atoms with Gasteiger partial charge in [0.05, 0.1) is 28.3 Å². The fourth-order valence-electron chi connectivity index (χ4n) is 4.96. The highest BCUT2D eigenvalue weighted by Crippen LogP contribution is 2.42. The summed E-state index contributed by atoms with van der Waals surface area (Å²) in [4.78, 5) is 24.7. The molecule has 0 saturated heterocycles. The van der Waals surface area contributed by atoms with E-state index in [2.05, 4.69) is 25.3 Å². The Labute approximate surface area is 243 Å². The van der Waals surface area contributed by atoms with E-state index in [0.717, 1.165) is 21.6 Å². The van der Waals surface area contributed by atoms with Crippen molar-refractivity contribution < 1.29 is 15.0 Å². The summed E-state index contributed by atoms with van der Waals surface area (Å²) in [6, 6.07) is 14.1. The third-order valence-corrected chi connectivity index (χ3v) is 7.66. The summed E-state index contributed by atoms with van der Waals surface area (Å²) in [5, 5.41) is 38.9. The standard InChI is InChI=1S/C28H20Cl2N8O3/c1-37(27(39)40)19-3-4-20(22(30)10-19)23-13-33-26(34-23)28(41)7-6-15-8-16(12-32-25(15)28)21-9-17(29)2-5-24(21)38-14-18(11-31)35-36-38/h2-5,8-10,12-14,41H,6-7H2,1H3,(H,33,34)(H,39,40). The fraction of sp³-hybridized carbons (Fsp3) is 0.143. The maximum atomic E-state index is 11.8. The monoisotopic (exact) mass is 586 g/mol. The van der Waals surface area contributed by atoms with Crippen molar-refractivity contribution in [3.05, 3.63) is 93.9 Å². The van der Waals surface area contributed by atoms with Crippen LogP contribution in [0.4, 0.5) is 10.5 Å². The number of rotatable bonds is 5. The van der Waals surface area contributed by atoms with E-state index >= 15 is 0 Å². The van der Waals surface area contributed by atoms with Crippen molar-refractivity contribution in [2.75, 3.05) is 11.9 Å². The summed E-state index contributed by atoms with van der Waals surface area (Å²) < 4.78 is 1.51. The largest absolute Gasteiger partial charge is 0.465 e. The summed E-state index contributed by atoms with van der Waals surface area (Å²) in [6.07, 6.45) is 4.64. The van der Waals surface area contributed by atoms with Crippen molar-refractivity contribution in [2.45, 2.75) is 18.4 Å². The third-order valence-electron chi connectivity index (χ3n) is 7.11. The number of H-pyrrole nitrogens is 1. The number of hydrogen-bond acceptors (Lipinski definition) is 7. The number of hydrogen-bond donors (Lipinski definition) is 3. The molecule has 2 aromatic carbocycles. The average molecular weight is 587 g/mol. The van der Waals surface area contributed by atoms with Gasteiger partial charge in [0.15, 0.2) is 11.3 Å². The van der Waals surface area contributed by atoms with Crippen LogP contribution < -0.4 is 4.90 Å². The van der Waals surface area contributed by atoms with Gasteiger partial charge in [-0.25, -0.2) is 14.5 Å². The lowest BCUT2D eigenvalue weighted by Crippen LogP contribution is -2.26. The number of fused-ring (bicyclic) bond motifs is 1. The molecule has 6 rings (SSSR count). The number of nitriles is 1. The molecule has 41 heavy (non-hydrogen) atoms. The maximum absolute atomic E-state index is 11.8. The van der Waals surface area contributed by atoms with E-state index in [-0.39, 0.29) is 5.69 Å². The van der Waals surface area contributed by atoms with Gasteiger partial charge in [0.25, 0.3) is 0 Å². The molecule has 0 aliphatic heterocycles. The predicted octanol–water partition coefficient (Wildman–Crippen LogP) is 5.19. The van der Waals surface area contributed by atoms with Crippen molar-refractivity contribution in [3.63, 3.8) is 0 Å². The summed E-state index contributed by atoms with van der Waals surface area (Å²) in [6.45, 7) is 0. The van der Waals surface area contributed by atoms with E-state index in [0.29, 0.717) is 57.0 Å². The minimum Gasteiger partial charge on any atom is -0.465 e. The maximum Gasteiger partial charge on any atom is 0.411 e. The minimum atomic E-state index is -1.45. The molecule has 1 aliphatic carbocycles. The number of pyridine rings is 1. The second kappa shape index (κ2) is 10.0. The molecule has 1 unspecified atom stereocenters. The van der Waals surface area contributed by atoms with Gasteiger partial charge in [0.2, 0.25) is 0 Å². The van der Waals surface area contributed by atoms with Crippen LogP contribution in [0.25, 0.3) is 28.1 Å².